The molecule has 0 aliphatic carbocycles. The van der Waals surface area contributed by atoms with Gasteiger partial charge in [-0.2, -0.15) is 0 Å². The van der Waals surface area contributed by atoms with E-state index in [2.05, 4.69) is 25.8 Å². The predicted molar refractivity (Wildman–Crippen MR) is 126 cm³/mol. The van der Waals surface area contributed by atoms with E-state index in [1.165, 1.54) is 11.8 Å². The van der Waals surface area contributed by atoms with Crippen LogP contribution in [0.3, 0.4) is 0 Å². The minimum absolute atomic E-state index is 0.0972. The molecular weight excluding hydrogens is 424 g/mol. The Hall–Kier alpha value is -3.20. The van der Waals surface area contributed by atoms with Gasteiger partial charge in [-0.25, -0.2) is 4.98 Å². The maximum Gasteiger partial charge on any atom is 0.251 e. The Bertz CT molecular complexity index is 1110. The van der Waals surface area contributed by atoms with E-state index in [0.717, 1.165) is 11.1 Å². The number of rotatable bonds is 8. The lowest BCUT2D eigenvalue weighted by molar-refractivity contribution is -0.113. The van der Waals surface area contributed by atoms with Crippen LogP contribution in [-0.4, -0.2) is 37.3 Å². The van der Waals surface area contributed by atoms with Gasteiger partial charge in [0.25, 0.3) is 5.91 Å². The van der Waals surface area contributed by atoms with Crippen LogP contribution in [0.2, 0.25) is 0 Å². The van der Waals surface area contributed by atoms with Gasteiger partial charge in [0.15, 0.2) is 11.0 Å². The van der Waals surface area contributed by atoms with Gasteiger partial charge in [-0.05, 0) is 43.5 Å². The fourth-order valence-electron chi connectivity index (χ4n) is 3.18. The summed E-state index contributed by atoms with van der Waals surface area (Å²) in [7, 11) is 1.84. The molecule has 3 aromatic rings. The quantitative estimate of drug-likeness (QED) is 0.506. The van der Waals surface area contributed by atoms with Gasteiger partial charge in [0.2, 0.25) is 5.91 Å². The van der Waals surface area contributed by atoms with Crippen molar-refractivity contribution in [2.24, 2.45) is 13.0 Å². The van der Waals surface area contributed by atoms with Gasteiger partial charge in [-0.3, -0.25) is 9.59 Å². The zero-order valence-corrected chi connectivity index (χ0v) is 19.7. The molecule has 8 nitrogen and oxygen atoms in total. The molecule has 2 N–H and O–H groups in total. The maximum atomic E-state index is 12.8. The lowest BCUT2D eigenvalue weighted by Gasteiger charge is -2.21. The number of carbonyl (C=O) groups is 2. The SMILES string of the molecule is Cc1cccc(C(=O)N[C@H](c2nnc(SCC(=O)Nc3ncccc3C)n2C)C(C)C)c1. The third kappa shape index (κ3) is 5.73. The van der Waals surface area contributed by atoms with E-state index in [9.17, 15) is 9.59 Å². The highest BCUT2D eigenvalue weighted by molar-refractivity contribution is 7.99. The van der Waals surface area contributed by atoms with E-state index in [1.54, 1.807) is 12.3 Å². The van der Waals surface area contributed by atoms with Crippen LogP contribution in [-0.2, 0) is 11.8 Å². The van der Waals surface area contributed by atoms with Crippen LogP contribution < -0.4 is 10.6 Å². The highest BCUT2D eigenvalue weighted by Gasteiger charge is 2.25. The first-order valence-electron chi connectivity index (χ1n) is 10.4. The number of aryl methyl sites for hydroxylation is 2. The second-order valence-corrected chi connectivity index (χ2v) is 8.91. The fourth-order valence-corrected chi connectivity index (χ4v) is 3.90. The van der Waals surface area contributed by atoms with Gasteiger partial charge >= 0.3 is 0 Å². The second-order valence-electron chi connectivity index (χ2n) is 7.97. The summed E-state index contributed by atoms with van der Waals surface area (Å²) < 4.78 is 1.82. The minimum atomic E-state index is -0.320. The van der Waals surface area contributed by atoms with Crippen LogP contribution in [0, 0.1) is 19.8 Å². The van der Waals surface area contributed by atoms with Gasteiger partial charge < -0.3 is 15.2 Å². The van der Waals surface area contributed by atoms with Crippen molar-refractivity contribution in [1.82, 2.24) is 25.1 Å². The number of hydrogen-bond acceptors (Lipinski definition) is 6. The van der Waals surface area contributed by atoms with E-state index >= 15 is 0 Å². The smallest absolute Gasteiger partial charge is 0.251 e. The molecule has 9 heteroatoms. The Morgan fingerprint density at radius 3 is 2.59 bits per heavy atom. The summed E-state index contributed by atoms with van der Waals surface area (Å²) in [4.78, 5) is 29.3. The van der Waals surface area contributed by atoms with Gasteiger partial charge in [0.05, 0.1) is 11.8 Å². The summed E-state index contributed by atoms with van der Waals surface area (Å²) in [5.74, 6) is 1.13. The average molecular weight is 453 g/mol. The average Bonchev–Trinajstić information content (AvgIpc) is 3.11. The third-order valence-corrected chi connectivity index (χ3v) is 6.00. The molecule has 0 fully saturated rings. The molecule has 0 aliphatic rings. The Kier molecular flexibility index (Phi) is 7.63. The van der Waals surface area contributed by atoms with Crippen LogP contribution in [0.15, 0.2) is 47.8 Å². The van der Waals surface area contributed by atoms with Crippen molar-refractivity contribution in [3.8, 4) is 0 Å². The van der Waals surface area contributed by atoms with Crippen molar-refractivity contribution in [1.29, 1.82) is 0 Å². The zero-order valence-electron chi connectivity index (χ0n) is 18.9. The van der Waals surface area contributed by atoms with Crippen LogP contribution in [0.5, 0.6) is 0 Å². The Morgan fingerprint density at radius 2 is 1.91 bits per heavy atom. The van der Waals surface area contributed by atoms with E-state index in [0.29, 0.717) is 22.4 Å². The molecule has 3 rings (SSSR count). The molecule has 1 atom stereocenters. The summed E-state index contributed by atoms with van der Waals surface area (Å²) in [6, 6.07) is 10.9. The van der Waals surface area contributed by atoms with E-state index in [-0.39, 0.29) is 29.5 Å². The summed E-state index contributed by atoms with van der Waals surface area (Å²) >= 11 is 1.28. The molecule has 0 spiro atoms. The topological polar surface area (TPSA) is 102 Å². The lowest BCUT2D eigenvalue weighted by Crippen LogP contribution is -2.33. The van der Waals surface area contributed by atoms with Crippen LogP contribution in [0.25, 0.3) is 0 Å². The van der Waals surface area contributed by atoms with Crippen LogP contribution in [0.4, 0.5) is 5.82 Å². The standard InChI is InChI=1S/C23H28N6O2S/c1-14(2)19(26-22(31)17-10-6-8-15(3)12-17)21-27-28-23(29(21)5)32-13-18(30)25-20-16(4)9-7-11-24-20/h6-12,14,19H,13H2,1-5H3,(H,26,31)(H,24,25,30)/t19-/m0/s1. The van der Waals surface area contributed by atoms with Crippen molar-refractivity contribution in [3.05, 3.63) is 65.1 Å². The van der Waals surface area contributed by atoms with Gasteiger partial charge in [0, 0.05) is 18.8 Å². The number of amides is 2. The molecule has 2 amide bonds. The number of anilines is 1. The van der Waals surface area contributed by atoms with Gasteiger partial charge in [-0.1, -0.05) is 49.4 Å². The van der Waals surface area contributed by atoms with Crippen LogP contribution >= 0.6 is 11.8 Å². The fraction of sp³-hybridized carbons (Fsp3) is 0.348. The Morgan fingerprint density at radius 1 is 1.12 bits per heavy atom. The van der Waals surface area contributed by atoms with Crippen molar-refractivity contribution in [3.63, 3.8) is 0 Å². The van der Waals surface area contributed by atoms with E-state index in [4.69, 9.17) is 0 Å². The molecule has 0 aliphatic heterocycles. The molecule has 2 heterocycles. The Balaban J connectivity index is 1.67. The molecule has 0 bridgehead atoms. The van der Waals surface area contributed by atoms with Crippen LogP contribution in [0.1, 0.15) is 47.2 Å². The highest BCUT2D eigenvalue weighted by Crippen LogP contribution is 2.24. The first kappa shape index (κ1) is 23.5. The zero-order chi connectivity index (χ0) is 23.3. The van der Waals surface area contributed by atoms with Gasteiger partial charge in [0.1, 0.15) is 5.82 Å². The molecule has 0 saturated carbocycles. The summed E-state index contributed by atoms with van der Waals surface area (Å²) in [6.07, 6.45) is 1.64. The normalized spacial score (nSPS) is 11.9. The summed E-state index contributed by atoms with van der Waals surface area (Å²) in [5, 5.41) is 15.0. The first-order valence-corrected chi connectivity index (χ1v) is 11.4. The van der Waals surface area contributed by atoms with Crippen molar-refractivity contribution in [2.75, 3.05) is 11.1 Å². The number of benzene rings is 1. The molecule has 0 unspecified atom stereocenters. The summed E-state index contributed by atoms with van der Waals surface area (Å²) in [5.41, 5.74) is 2.53. The lowest BCUT2D eigenvalue weighted by atomic mass is 10.0. The highest BCUT2D eigenvalue weighted by atomic mass is 32.2. The Labute approximate surface area is 192 Å². The molecule has 0 radical (unpaired) electrons. The third-order valence-electron chi connectivity index (χ3n) is 4.98. The minimum Gasteiger partial charge on any atom is -0.342 e. The second kappa shape index (κ2) is 10.4. The van der Waals surface area contributed by atoms with Gasteiger partial charge in [-0.15, -0.1) is 10.2 Å². The number of aromatic nitrogens is 4. The number of nitrogens with zero attached hydrogens (tertiary/aromatic N) is 4. The molecule has 32 heavy (non-hydrogen) atoms. The predicted octanol–water partition coefficient (Wildman–Crippen LogP) is 3.68. The van der Waals surface area contributed by atoms with Crippen molar-refractivity contribution < 1.29 is 9.59 Å². The van der Waals surface area contributed by atoms with E-state index < -0.39 is 0 Å². The molecule has 0 saturated heterocycles. The number of nitrogens with one attached hydrogen (secondary N) is 2. The largest absolute Gasteiger partial charge is 0.342 e. The maximum absolute atomic E-state index is 12.8. The first-order chi connectivity index (χ1) is 15.3. The number of pyridine rings is 1. The molecular formula is C23H28N6O2S. The number of carbonyl (C=O) groups excluding carboxylic acids is 2. The van der Waals surface area contributed by atoms with Crippen molar-refractivity contribution in [2.45, 2.75) is 38.9 Å². The molecule has 2 aromatic heterocycles. The number of hydrogen-bond donors (Lipinski definition) is 2. The van der Waals surface area contributed by atoms with E-state index in [1.807, 2.05) is 69.6 Å². The monoisotopic (exact) mass is 452 g/mol. The molecule has 168 valence electrons. The summed E-state index contributed by atoms with van der Waals surface area (Å²) in [6.45, 7) is 7.88. The molecule has 1 aromatic carbocycles. The number of thioether (sulfide) groups is 1. The van der Waals surface area contributed by atoms with Crippen molar-refractivity contribution >= 4 is 29.4 Å².